The third-order valence-electron chi connectivity index (χ3n) is 3.18. The van der Waals surface area contributed by atoms with Crippen LogP contribution in [0.4, 0.5) is 11.4 Å². The molecule has 0 saturated heterocycles. The average Bonchev–Trinajstić information content (AvgIpc) is 2.57. The second-order valence-corrected chi connectivity index (χ2v) is 5.57. The molecule has 0 heterocycles. The van der Waals surface area contributed by atoms with Gasteiger partial charge >= 0.3 is 5.69 Å². The summed E-state index contributed by atoms with van der Waals surface area (Å²) in [6.07, 6.45) is 1.08. The predicted octanol–water partition coefficient (Wildman–Crippen LogP) is 2.82. The molecule has 25 heavy (non-hydrogen) atoms. The predicted molar refractivity (Wildman–Crippen MR) is 95.2 cm³/mol. The zero-order valence-electron chi connectivity index (χ0n) is 13.2. The molecule has 0 fully saturated rings. The standard InChI is InChI=1S/C16H15ClN4O4/c1-10-2-4-13(5-3-10)18-9-15(22)20-19-8-11-6-12(17)7-14(16(11)23)21(24)25/h2-8,18,23H,9H2,1H3,(H,20,22)/b19-8-. The lowest BCUT2D eigenvalue weighted by atomic mass is 10.2. The number of nitro groups is 1. The Bertz CT molecular complexity index is 822. The molecule has 2 rings (SSSR count). The van der Waals surface area contributed by atoms with Crippen molar-refractivity contribution in [3.63, 3.8) is 0 Å². The first-order chi connectivity index (χ1) is 11.9. The number of amides is 1. The van der Waals surface area contributed by atoms with Gasteiger partial charge in [-0.1, -0.05) is 29.3 Å². The molecule has 9 heteroatoms. The van der Waals surface area contributed by atoms with Gasteiger partial charge in [-0.3, -0.25) is 14.9 Å². The van der Waals surface area contributed by atoms with Crippen LogP contribution in [0.1, 0.15) is 11.1 Å². The number of aromatic hydroxyl groups is 1. The van der Waals surface area contributed by atoms with E-state index in [9.17, 15) is 20.0 Å². The van der Waals surface area contributed by atoms with Gasteiger partial charge in [-0.2, -0.15) is 5.10 Å². The van der Waals surface area contributed by atoms with Gasteiger partial charge in [0.1, 0.15) is 0 Å². The first-order valence-electron chi connectivity index (χ1n) is 7.16. The van der Waals surface area contributed by atoms with Crippen molar-refractivity contribution < 1.29 is 14.8 Å². The number of hydrogen-bond acceptors (Lipinski definition) is 6. The number of phenolic OH excluding ortho intramolecular Hbond substituents is 1. The minimum atomic E-state index is -0.761. The second kappa shape index (κ2) is 8.11. The Labute approximate surface area is 148 Å². The second-order valence-electron chi connectivity index (χ2n) is 5.13. The quantitative estimate of drug-likeness (QED) is 0.415. The van der Waals surface area contributed by atoms with Crippen LogP contribution in [0.2, 0.25) is 5.02 Å². The summed E-state index contributed by atoms with van der Waals surface area (Å²) in [6, 6.07) is 9.83. The summed E-state index contributed by atoms with van der Waals surface area (Å²) in [7, 11) is 0. The smallest absolute Gasteiger partial charge is 0.312 e. The number of phenols is 1. The first kappa shape index (κ1) is 18.2. The van der Waals surface area contributed by atoms with Crippen molar-refractivity contribution in [2.75, 3.05) is 11.9 Å². The van der Waals surface area contributed by atoms with E-state index in [1.54, 1.807) is 0 Å². The van der Waals surface area contributed by atoms with Gasteiger partial charge in [0.05, 0.1) is 17.7 Å². The van der Waals surface area contributed by atoms with Crippen LogP contribution in [-0.2, 0) is 4.79 Å². The maximum absolute atomic E-state index is 11.7. The van der Waals surface area contributed by atoms with E-state index in [-0.39, 0.29) is 17.1 Å². The fourth-order valence-electron chi connectivity index (χ4n) is 1.91. The van der Waals surface area contributed by atoms with E-state index in [2.05, 4.69) is 15.8 Å². The molecule has 0 atom stereocenters. The number of nitro benzene ring substituents is 1. The highest BCUT2D eigenvalue weighted by Crippen LogP contribution is 2.32. The van der Waals surface area contributed by atoms with E-state index in [0.29, 0.717) is 0 Å². The summed E-state index contributed by atoms with van der Waals surface area (Å²) in [5.74, 6) is -1.00. The van der Waals surface area contributed by atoms with Crippen LogP contribution in [0.25, 0.3) is 0 Å². The first-order valence-corrected chi connectivity index (χ1v) is 7.54. The van der Waals surface area contributed by atoms with E-state index in [4.69, 9.17) is 11.6 Å². The molecule has 0 unspecified atom stereocenters. The van der Waals surface area contributed by atoms with Crippen molar-refractivity contribution >= 4 is 35.1 Å². The monoisotopic (exact) mass is 362 g/mol. The van der Waals surface area contributed by atoms with Gasteiger partial charge < -0.3 is 10.4 Å². The van der Waals surface area contributed by atoms with Gasteiger partial charge in [0, 0.05) is 22.3 Å². The van der Waals surface area contributed by atoms with E-state index in [1.165, 1.54) is 6.07 Å². The maximum atomic E-state index is 11.7. The number of halogens is 1. The lowest BCUT2D eigenvalue weighted by molar-refractivity contribution is -0.385. The van der Waals surface area contributed by atoms with Crippen LogP contribution >= 0.6 is 11.6 Å². The number of nitrogens with zero attached hydrogens (tertiary/aromatic N) is 2. The molecule has 130 valence electrons. The van der Waals surface area contributed by atoms with Crippen LogP contribution in [0, 0.1) is 17.0 Å². The van der Waals surface area contributed by atoms with Gasteiger partial charge in [0.15, 0.2) is 0 Å². The number of rotatable bonds is 6. The highest BCUT2D eigenvalue weighted by Gasteiger charge is 2.17. The topological polar surface area (TPSA) is 117 Å². The number of nitrogens with one attached hydrogen (secondary N) is 2. The van der Waals surface area contributed by atoms with Crippen LogP contribution in [0.3, 0.4) is 0 Å². The molecular formula is C16H15ClN4O4. The Kier molecular flexibility index (Phi) is 5.91. The molecule has 0 bridgehead atoms. The number of benzene rings is 2. The normalized spacial score (nSPS) is 10.6. The lowest BCUT2D eigenvalue weighted by Gasteiger charge is -2.05. The van der Waals surface area contributed by atoms with Gasteiger partial charge in [0.25, 0.3) is 5.91 Å². The van der Waals surface area contributed by atoms with Gasteiger partial charge in [-0.05, 0) is 25.1 Å². The number of anilines is 1. The zero-order valence-corrected chi connectivity index (χ0v) is 13.9. The molecule has 2 aromatic carbocycles. The Morgan fingerprint density at radius 3 is 2.68 bits per heavy atom. The van der Waals surface area contributed by atoms with E-state index >= 15 is 0 Å². The summed E-state index contributed by atoms with van der Waals surface area (Å²) in [6.45, 7) is 1.95. The number of carbonyl (C=O) groups excluding carboxylic acids is 1. The molecule has 0 spiro atoms. The number of carbonyl (C=O) groups is 1. The summed E-state index contributed by atoms with van der Waals surface area (Å²) in [5.41, 5.74) is 3.62. The number of aryl methyl sites for hydroxylation is 1. The van der Waals surface area contributed by atoms with Crippen molar-refractivity contribution in [2.45, 2.75) is 6.92 Å². The fourth-order valence-corrected chi connectivity index (χ4v) is 2.13. The molecule has 0 aliphatic carbocycles. The van der Waals surface area contributed by atoms with Crippen molar-refractivity contribution in [3.8, 4) is 5.75 Å². The Balaban J connectivity index is 1.95. The molecule has 0 saturated carbocycles. The van der Waals surface area contributed by atoms with Gasteiger partial charge in [-0.15, -0.1) is 0 Å². The van der Waals surface area contributed by atoms with Crippen molar-refractivity contribution in [3.05, 3.63) is 62.7 Å². The third-order valence-corrected chi connectivity index (χ3v) is 3.40. The summed E-state index contributed by atoms with van der Waals surface area (Å²) in [4.78, 5) is 21.8. The van der Waals surface area contributed by atoms with Gasteiger partial charge in [-0.25, -0.2) is 5.43 Å². The molecular weight excluding hydrogens is 348 g/mol. The Morgan fingerprint density at radius 2 is 2.04 bits per heavy atom. The molecule has 1 amide bonds. The Hall–Kier alpha value is -3.13. The SMILES string of the molecule is Cc1ccc(NCC(=O)N/N=C\c2cc(Cl)cc([N+](=O)[O-])c2O)cc1. The van der Waals surface area contributed by atoms with E-state index < -0.39 is 22.3 Å². The summed E-state index contributed by atoms with van der Waals surface area (Å²) < 4.78 is 0. The van der Waals surface area contributed by atoms with Crippen molar-refractivity contribution in [1.82, 2.24) is 5.43 Å². The maximum Gasteiger partial charge on any atom is 0.312 e. The third kappa shape index (κ3) is 5.18. The molecule has 3 N–H and O–H groups in total. The molecule has 0 aromatic heterocycles. The number of hydrogen-bond donors (Lipinski definition) is 3. The lowest BCUT2D eigenvalue weighted by Crippen LogP contribution is -2.25. The minimum Gasteiger partial charge on any atom is -0.502 e. The highest BCUT2D eigenvalue weighted by molar-refractivity contribution is 6.31. The average molecular weight is 363 g/mol. The van der Waals surface area contributed by atoms with Crippen LogP contribution in [0.5, 0.6) is 5.75 Å². The Morgan fingerprint density at radius 1 is 1.36 bits per heavy atom. The molecule has 0 aliphatic heterocycles. The molecule has 0 radical (unpaired) electrons. The van der Waals surface area contributed by atoms with Crippen LogP contribution in [-0.4, -0.2) is 28.7 Å². The van der Waals surface area contributed by atoms with Crippen LogP contribution in [0.15, 0.2) is 41.5 Å². The molecule has 0 aliphatic rings. The number of hydrazone groups is 1. The zero-order chi connectivity index (χ0) is 18.4. The minimum absolute atomic E-state index is 0.0118. The van der Waals surface area contributed by atoms with E-state index in [1.807, 2.05) is 31.2 Å². The molecule has 2 aromatic rings. The van der Waals surface area contributed by atoms with Crippen LogP contribution < -0.4 is 10.7 Å². The fraction of sp³-hybridized carbons (Fsp3) is 0.125. The van der Waals surface area contributed by atoms with Gasteiger partial charge in [0.2, 0.25) is 5.75 Å². The summed E-state index contributed by atoms with van der Waals surface area (Å²) in [5, 5.41) is 27.3. The van der Waals surface area contributed by atoms with E-state index in [0.717, 1.165) is 23.5 Å². The summed E-state index contributed by atoms with van der Waals surface area (Å²) >= 11 is 5.76. The van der Waals surface area contributed by atoms with Crippen molar-refractivity contribution in [1.29, 1.82) is 0 Å². The highest BCUT2D eigenvalue weighted by atomic mass is 35.5. The van der Waals surface area contributed by atoms with Crippen molar-refractivity contribution in [2.24, 2.45) is 5.10 Å². The molecule has 8 nitrogen and oxygen atoms in total. The largest absolute Gasteiger partial charge is 0.502 e.